The van der Waals surface area contributed by atoms with E-state index in [-0.39, 0.29) is 5.91 Å². The molecule has 1 saturated carbocycles. The largest absolute Gasteiger partial charge is 0.467 e. The van der Waals surface area contributed by atoms with Crippen LogP contribution in [0.3, 0.4) is 0 Å². The van der Waals surface area contributed by atoms with Gasteiger partial charge in [-0.2, -0.15) is 0 Å². The lowest BCUT2D eigenvalue weighted by molar-refractivity contribution is -0.144. The molecule has 6 heteroatoms. The second-order valence-corrected chi connectivity index (χ2v) is 5.40. The average molecular weight is 285 g/mol. The minimum absolute atomic E-state index is 0.231. The van der Waals surface area contributed by atoms with Crippen LogP contribution in [-0.2, 0) is 14.3 Å². The van der Waals surface area contributed by atoms with Gasteiger partial charge in [0.2, 0.25) is 5.91 Å². The van der Waals surface area contributed by atoms with Crippen molar-refractivity contribution >= 4 is 11.9 Å². The van der Waals surface area contributed by atoms with Crippen molar-refractivity contribution in [3.05, 3.63) is 0 Å². The summed E-state index contributed by atoms with van der Waals surface area (Å²) in [5.74, 6) is -0.651. The lowest BCUT2D eigenvalue weighted by atomic mass is 10.2. The number of likely N-dealkylation sites (N-methyl/N-ethyl adjacent to an activating group) is 1. The van der Waals surface area contributed by atoms with Crippen molar-refractivity contribution in [2.24, 2.45) is 0 Å². The van der Waals surface area contributed by atoms with E-state index in [1.807, 2.05) is 0 Å². The number of hydrogen-bond donors (Lipinski definition) is 2. The third-order valence-electron chi connectivity index (χ3n) is 3.80. The fourth-order valence-electron chi connectivity index (χ4n) is 2.61. The van der Waals surface area contributed by atoms with E-state index in [0.29, 0.717) is 12.6 Å². The third-order valence-corrected chi connectivity index (χ3v) is 3.80. The Morgan fingerprint density at radius 3 is 2.55 bits per heavy atom. The molecule has 0 saturated heterocycles. The number of carbonyl (C=O) groups is 2. The van der Waals surface area contributed by atoms with Gasteiger partial charge in [0.05, 0.1) is 7.11 Å². The lowest BCUT2D eigenvalue weighted by Crippen LogP contribution is -2.48. The SMILES string of the molecule is COC(=O)C(CNCCN(C)C1CCCC1)NC(C)=O. The molecule has 0 aliphatic heterocycles. The molecule has 0 spiro atoms. The van der Waals surface area contributed by atoms with Crippen molar-refractivity contribution in [3.8, 4) is 0 Å². The van der Waals surface area contributed by atoms with Gasteiger partial charge in [-0.1, -0.05) is 12.8 Å². The maximum absolute atomic E-state index is 11.5. The highest BCUT2D eigenvalue weighted by Crippen LogP contribution is 2.21. The zero-order chi connectivity index (χ0) is 15.0. The molecule has 6 nitrogen and oxygen atoms in total. The van der Waals surface area contributed by atoms with Crippen LogP contribution in [0, 0.1) is 0 Å². The number of methoxy groups -OCH3 is 1. The van der Waals surface area contributed by atoms with Crippen LogP contribution in [0.25, 0.3) is 0 Å². The smallest absolute Gasteiger partial charge is 0.329 e. The summed E-state index contributed by atoms with van der Waals surface area (Å²) in [6.45, 7) is 3.52. The number of amides is 1. The van der Waals surface area contributed by atoms with Crippen molar-refractivity contribution in [1.82, 2.24) is 15.5 Å². The molecule has 1 amide bonds. The Bertz CT molecular complexity index is 317. The van der Waals surface area contributed by atoms with Crippen molar-refractivity contribution in [2.75, 3.05) is 33.8 Å². The van der Waals surface area contributed by atoms with Gasteiger partial charge < -0.3 is 20.3 Å². The fraction of sp³-hybridized carbons (Fsp3) is 0.857. The first kappa shape index (κ1) is 16.9. The highest BCUT2D eigenvalue weighted by molar-refractivity contribution is 5.83. The van der Waals surface area contributed by atoms with Gasteiger partial charge in [0, 0.05) is 32.6 Å². The number of nitrogens with one attached hydrogen (secondary N) is 2. The van der Waals surface area contributed by atoms with E-state index in [2.05, 4.69) is 27.3 Å². The Morgan fingerprint density at radius 2 is 2.00 bits per heavy atom. The quantitative estimate of drug-likeness (QED) is 0.490. The predicted octanol–water partition coefficient (Wildman–Crippen LogP) is 0.128. The zero-order valence-electron chi connectivity index (χ0n) is 12.8. The number of rotatable bonds is 8. The van der Waals surface area contributed by atoms with Crippen LogP contribution in [0.2, 0.25) is 0 Å². The van der Waals surface area contributed by atoms with E-state index in [1.165, 1.54) is 39.7 Å². The number of ether oxygens (including phenoxy) is 1. The van der Waals surface area contributed by atoms with Crippen LogP contribution >= 0.6 is 0 Å². The molecular formula is C14H27N3O3. The molecule has 0 radical (unpaired) electrons. The van der Waals surface area contributed by atoms with Gasteiger partial charge in [-0.25, -0.2) is 4.79 Å². The lowest BCUT2D eigenvalue weighted by Gasteiger charge is -2.24. The van der Waals surface area contributed by atoms with Gasteiger partial charge in [-0.3, -0.25) is 4.79 Å². The Morgan fingerprint density at radius 1 is 1.35 bits per heavy atom. The maximum Gasteiger partial charge on any atom is 0.329 e. The highest BCUT2D eigenvalue weighted by atomic mass is 16.5. The average Bonchev–Trinajstić information content (AvgIpc) is 2.94. The van der Waals surface area contributed by atoms with Crippen molar-refractivity contribution in [1.29, 1.82) is 0 Å². The summed E-state index contributed by atoms with van der Waals surface area (Å²) in [6, 6.07) is 0.0813. The Labute approximate surface area is 121 Å². The fourth-order valence-corrected chi connectivity index (χ4v) is 2.61. The Kier molecular flexibility index (Phi) is 7.54. The summed E-state index contributed by atoms with van der Waals surface area (Å²) in [6.07, 6.45) is 5.23. The number of carbonyl (C=O) groups excluding carboxylic acids is 2. The van der Waals surface area contributed by atoms with Gasteiger partial charge in [0.25, 0.3) is 0 Å². The molecule has 1 unspecified atom stereocenters. The van der Waals surface area contributed by atoms with E-state index in [1.54, 1.807) is 0 Å². The normalized spacial score (nSPS) is 17.2. The van der Waals surface area contributed by atoms with Gasteiger partial charge in [-0.05, 0) is 19.9 Å². The van der Waals surface area contributed by atoms with Gasteiger partial charge >= 0.3 is 5.97 Å². The number of esters is 1. The second kappa shape index (κ2) is 8.92. The van der Waals surface area contributed by atoms with Crippen LogP contribution in [0.5, 0.6) is 0 Å². The molecule has 1 aliphatic rings. The molecule has 1 fully saturated rings. The summed E-state index contributed by atoms with van der Waals surface area (Å²) < 4.78 is 4.67. The first-order valence-electron chi connectivity index (χ1n) is 7.30. The van der Waals surface area contributed by atoms with Crippen LogP contribution < -0.4 is 10.6 Å². The van der Waals surface area contributed by atoms with Crippen molar-refractivity contribution < 1.29 is 14.3 Å². The second-order valence-electron chi connectivity index (χ2n) is 5.40. The minimum Gasteiger partial charge on any atom is -0.467 e. The summed E-state index contributed by atoms with van der Waals surface area (Å²) in [5, 5.41) is 5.79. The first-order valence-corrected chi connectivity index (χ1v) is 7.30. The number of hydrogen-bond acceptors (Lipinski definition) is 5. The topological polar surface area (TPSA) is 70.7 Å². The van der Waals surface area contributed by atoms with Gasteiger partial charge in [0.1, 0.15) is 6.04 Å². The van der Waals surface area contributed by atoms with E-state index in [4.69, 9.17) is 0 Å². The molecule has 0 aromatic carbocycles. The molecule has 0 heterocycles. The van der Waals surface area contributed by atoms with E-state index < -0.39 is 12.0 Å². The molecule has 20 heavy (non-hydrogen) atoms. The monoisotopic (exact) mass is 285 g/mol. The van der Waals surface area contributed by atoms with Crippen molar-refractivity contribution in [2.45, 2.75) is 44.7 Å². The van der Waals surface area contributed by atoms with Crippen LogP contribution in [0.15, 0.2) is 0 Å². The van der Waals surface area contributed by atoms with E-state index in [9.17, 15) is 9.59 Å². The summed E-state index contributed by atoms with van der Waals surface area (Å²) in [4.78, 5) is 24.9. The van der Waals surface area contributed by atoms with Gasteiger partial charge in [0.15, 0.2) is 0 Å². The molecule has 0 aromatic heterocycles. The molecule has 2 N–H and O–H groups in total. The molecular weight excluding hydrogens is 258 g/mol. The summed E-state index contributed by atoms with van der Waals surface area (Å²) >= 11 is 0. The molecule has 1 rings (SSSR count). The highest BCUT2D eigenvalue weighted by Gasteiger charge is 2.21. The molecule has 116 valence electrons. The first-order chi connectivity index (χ1) is 9.54. The summed E-state index contributed by atoms with van der Waals surface area (Å²) in [5.41, 5.74) is 0. The molecule has 1 aliphatic carbocycles. The van der Waals surface area contributed by atoms with Crippen LogP contribution in [0.1, 0.15) is 32.6 Å². The summed E-state index contributed by atoms with van der Waals surface area (Å²) in [7, 11) is 3.47. The van der Waals surface area contributed by atoms with Crippen molar-refractivity contribution in [3.63, 3.8) is 0 Å². The standard InChI is InChI=1S/C14H27N3O3/c1-11(18)16-13(14(19)20-3)10-15-8-9-17(2)12-6-4-5-7-12/h12-13,15H,4-10H2,1-3H3,(H,16,18). The van der Waals surface area contributed by atoms with Crippen LogP contribution in [-0.4, -0.2) is 62.7 Å². The van der Waals surface area contributed by atoms with E-state index >= 15 is 0 Å². The predicted molar refractivity (Wildman–Crippen MR) is 77.4 cm³/mol. The van der Waals surface area contributed by atoms with E-state index in [0.717, 1.165) is 13.1 Å². The molecule has 1 atom stereocenters. The van der Waals surface area contributed by atoms with Crippen LogP contribution in [0.4, 0.5) is 0 Å². The zero-order valence-corrected chi connectivity index (χ0v) is 12.8. The molecule has 0 bridgehead atoms. The number of nitrogens with zero attached hydrogens (tertiary/aromatic N) is 1. The minimum atomic E-state index is -0.616. The Balaban J connectivity index is 2.22. The van der Waals surface area contributed by atoms with Gasteiger partial charge in [-0.15, -0.1) is 0 Å². The third kappa shape index (κ3) is 5.88. The Hall–Kier alpha value is -1.14. The maximum atomic E-state index is 11.5. The molecule has 0 aromatic rings.